The van der Waals surface area contributed by atoms with Crippen molar-refractivity contribution in [2.24, 2.45) is 0 Å². The Morgan fingerprint density at radius 3 is 2.07 bits per heavy atom. The predicted octanol–water partition coefficient (Wildman–Crippen LogP) is 3.81. The Balaban J connectivity index is 1.28. The second-order valence-electron chi connectivity index (χ2n) is 6.78. The molecule has 1 saturated heterocycles. The van der Waals surface area contributed by atoms with Crippen LogP contribution in [0.2, 0.25) is 0 Å². The maximum absolute atomic E-state index is 12.9. The normalized spacial score (nSPS) is 16.2. The highest BCUT2D eigenvalue weighted by Gasteiger charge is 2.15. The summed E-state index contributed by atoms with van der Waals surface area (Å²) in [6, 6.07) is 13.0. The van der Waals surface area contributed by atoms with Crippen molar-refractivity contribution in [1.29, 1.82) is 0 Å². The third-order valence-corrected chi connectivity index (χ3v) is 4.74. The van der Waals surface area contributed by atoms with E-state index in [-0.39, 0.29) is 11.6 Å². The maximum Gasteiger partial charge on any atom is 0.123 e. The first kappa shape index (κ1) is 19.7. The molecular weight excluding hydrogens is 346 g/mol. The predicted molar refractivity (Wildman–Crippen MR) is 104 cm³/mol. The summed E-state index contributed by atoms with van der Waals surface area (Å²) in [6.07, 6.45) is 4.17. The van der Waals surface area contributed by atoms with E-state index in [9.17, 15) is 8.78 Å². The van der Waals surface area contributed by atoms with Crippen molar-refractivity contribution in [2.75, 3.05) is 45.9 Å². The molecule has 144 valence electrons. The molecule has 5 heteroatoms. The van der Waals surface area contributed by atoms with Crippen LogP contribution in [0.3, 0.4) is 0 Å². The van der Waals surface area contributed by atoms with E-state index >= 15 is 0 Å². The zero-order chi connectivity index (χ0) is 18.9. The Kier molecular flexibility index (Phi) is 7.51. The minimum atomic E-state index is -0.218. The van der Waals surface area contributed by atoms with Crippen LogP contribution in [0, 0.1) is 11.6 Å². The smallest absolute Gasteiger partial charge is 0.123 e. The molecule has 0 bridgehead atoms. The first-order valence-corrected chi connectivity index (χ1v) is 9.38. The van der Waals surface area contributed by atoms with E-state index in [1.54, 1.807) is 24.3 Å². The van der Waals surface area contributed by atoms with Crippen LogP contribution < -0.4 is 0 Å². The summed E-state index contributed by atoms with van der Waals surface area (Å²) in [4.78, 5) is 4.82. The van der Waals surface area contributed by atoms with Crippen LogP contribution in [0.25, 0.3) is 6.08 Å². The number of ether oxygens (including phenoxy) is 1. The molecule has 1 aliphatic rings. The Morgan fingerprint density at radius 2 is 1.41 bits per heavy atom. The van der Waals surface area contributed by atoms with Crippen molar-refractivity contribution in [1.82, 2.24) is 9.80 Å². The number of halogens is 2. The molecule has 0 aromatic heterocycles. The van der Waals surface area contributed by atoms with E-state index in [4.69, 9.17) is 4.74 Å². The summed E-state index contributed by atoms with van der Waals surface area (Å²) in [6.45, 7) is 7.16. The van der Waals surface area contributed by atoms with Crippen LogP contribution in [-0.2, 0) is 11.3 Å². The maximum atomic E-state index is 12.9. The number of nitrogens with zero attached hydrogens (tertiary/aromatic N) is 2. The lowest BCUT2D eigenvalue weighted by molar-refractivity contribution is 0.0710. The molecule has 0 atom stereocenters. The van der Waals surface area contributed by atoms with Crippen molar-refractivity contribution in [3.63, 3.8) is 0 Å². The van der Waals surface area contributed by atoms with Gasteiger partial charge in [0.05, 0.1) is 13.2 Å². The van der Waals surface area contributed by atoms with Gasteiger partial charge in [0.2, 0.25) is 0 Å². The minimum absolute atomic E-state index is 0.204. The molecule has 0 radical (unpaired) electrons. The fraction of sp³-hybridized carbons (Fsp3) is 0.364. The van der Waals surface area contributed by atoms with Gasteiger partial charge in [-0.3, -0.25) is 9.80 Å². The lowest BCUT2D eigenvalue weighted by Crippen LogP contribution is -2.47. The summed E-state index contributed by atoms with van der Waals surface area (Å²) in [5.41, 5.74) is 2.02. The monoisotopic (exact) mass is 372 g/mol. The van der Waals surface area contributed by atoms with E-state index in [2.05, 4.69) is 15.9 Å². The van der Waals surface area contributed by atoms with Gasteiger partial charge in [-0.15, -0.1) is 0 Å². The zero-order valence-electron chi connectivity index (χ0n) is 15.5. The highest BCUT2D eigenvalue weighted by molar-refractivity contribution is 5.48. The molecule has 2 aromatic carbocycles. The topological polar surface area (TPSA) is 15.7 Å². The van der Waals surface area contributed by atoms with Gasteiger partial charge in [0.1, 0.15) is 11.6 Å². The van der Waals surface area contributed by atoms with Crippen LogP contribution >= 0.6 is 0 Å². The average molecular weight is 372 g/mol. The van der Waals surface area contributed by atoms with Gasteiger partial charge in [0.15, 0.2) is 0 Å². The van der Waals surface area contributed by atoms with Gasteiger partial charge in [-0.2, -0.15) is 0 Å². The Morgan fingerprint density at radius 1 is 0.815 bits per heavy atom. The summed E-state index contributed by atoms with van der Waals surface area (Å²) >= 11 is 0. The number of piperazine rings is 1. The van der Waals surface area contributed by atoms with E-state index < -0.39 is 0 Å². The molecule has 0 N–H and O–H groups in total. The van der Waals surface area contributed by atoms with Crippen LogP contribution in [0.4, 0.5) is 8.78 Å². The van der Waals surface area contributed by atoms with Crippen molar-refractivity contribution in [3.8, 4) is 0 Å². The third kappa shape index (κ3) is 6.86. The molecule has 27 heavy (non-hydrogen) atoms. The SMILES string of the molecule is Fc1ccc(/C=C\CN2CCN(CCOCc3ccc(F)cc3)CC2)cc1. The molecule has 1 aliphatic heterocycles. The van der Waals surface area contributed by atoms with E-state index in [1.165, 1.54) is 24.3 Å². The van der Waals surface area contributed by atoms with Gasteiger partial charge in [0, 0.05) is 39.3 Å². The zero-order valence-corrected chi connectivity index (χ0v) is 15.5. The van der Waals surface area contributed by atoms with E-state index in [0.29, 0.717) is 13.2 Å². The van der Waals surface area contributed by atoms with Gasteiger partial charge in [0.25, 0.3) is 0 Å². The van der Waals surface area contributed by atoms with Gasteiger partial charge < -0.3 is 4.74 Å². The standard InChI is InChI=1S/C22H26F2N2O/c23-21-7-3-19(4-8-21)2-1-11-25-12-14-26(15-13-25)16-17-27-18-20-5-9-22(24)10-6-20/h1-10H,11-18H2/b2-1-. The highest BCUT2D eigenvalue weighted by Crippen LogP contribution is 2.07. The highest BCUT2D eigenvalue weighted by atomic mass is 19.1. The molecule has 0 spiro atoms. The second-order valence-corrected chi connectivity index (χ2v) is 6.78. The first-order valence-electron chi connectivity index (χ1n) is 9.38. The van der Waals surface area contributed by atoms with Gasteiger partial charge in [-0.05, 0) is 35.4 Å². The summed E-state index contributed by atoms with van der Waals surface area (Å²) < 4.78 is 31.4. The Hall–Kier alpha value is -2.08. The van der Waals surface area contributed by atoms with Crippen LogP contribution in [0.5, 0.6) is 0 Å². The number of rotatable bonds is 8. The summed E-state index contributed by atoms with van der Waals surface area (Å²) in [7, 11) is 0. The summed E-state index contributed by atoms with van der Waals surface area (Å²) in [5, 5.41) is 0. The lowest BCUT2D eigenvalue weighted by Gasteiger charge is -2.34. The Labute approximate surface area is 159 Å². The molecule has 0 amide bonds. The van der Waals surface area contributed by atoms with Crippen LogP contribution in [0.1, 0.15) is 11.1 Å². The average Bonchev–Trinajstić information content (AvgIpc) is 2.69. The Bertz CT molecular complexity index is 708. The van der Waals surface area contributed by atoms with Gasteiger partial charge >= 0.3 is 0 Å². The number of benzene rings is 2. The lowest BCUT2D eigenvalue weighted by atomic mass is 10.2. The van der Waals surface area contributed by atoms with Crippen molar-refractivity contribution >= 4 is 6.08 Å². The fourth-order valence-corrected chi connectivity index (χ4v) is 3.07. The molecule has 0 aliphatic carbocycles. The largest absolute Gasteiger partial charge is 0.375 e. The van der Waals surface area contributed by atoms with Crippen molar-refractivity contribution in [2.45, 2.75) is 6.61 Å². The van der Waals surface area contributed by atoms with E-state index in [0.717, 1.165) is 50.4 Å². The molecule has 0 saturated carbocycles. The van der Waals surface area contributed by atoms with Crippen molar-refractivity contribution in [3.05, 3.63) is 77.4 Å². The molecule has 1 fully saturated rings. The van der Waals surface area contributed by atoms with Crippen molar-refractivity contribution < 1.29 is 13.5 Å². The summed E-state index contributed by atoms with van der Waals surface area (Å²) in [5.74, 6) is -0.422. The number of hydrogen-bond donors (Lipinski definition) is 0. The van der Waals surface area contributed by atoms with E-state index in [1.807, 2.05) is 6.08 Å². The minimum Gasteiger partial charge on any atom is -0.375 e. The first-order chi connectivity index (χ1) is 13.2. The molecular formula is C22H26F2N2O. The van der Waals surface area contributed by atoms with Gasteiger partial charge in [-0.1, -0.05) is 36.4 Å². The third-order valence-electron chi connectivity index (χ3n) is 4.74. The van der Waals surface area contributed by atoms with Crippen LogP contribution in [0.15, 0.2) is 54.6 Å². The fourth-order valence-electron chi connectivity index (χ4n) is 3.07. The molecule has 3 nitrogen and oxygen atoms in total. The quantitative estimate of drug-likeness (QED) is 0.656. The number of hydrogen-bond acceptors (Lipinski definition) is 3. The van der Waals surface area contributed by atoms with Gasteiger partial charge in [-0.25, -0.2) is 8.78 Å². The molecule has 3 rings (SSSR count). The molecule has 2 aromatic rings. The second kappa shape index (κ2) is 10.3. The molecule has 1 heterocycles. The van der Waals surface area contributed by atoms with Crippen LogP contribution in [-0.4, -0.2) is 55.7 Å². The molecule has 0 unspecified atom stereocenters.